The molecule has 1 unspecified atom stereocenters. The zero-order valence-corrected chi connectivity index (χ0v) is 9.00. The lowest BCUT2D eigenvalue weighted by Crippen LogP contribution is -2.14. The lowest BCUT2D eigenvalue weighted by atomic mass is 10.0. The van der Waals surface area contributed by atoms with E-state index in [1.807, 2.05) is 13.8 Å². The van der Waals surface area contributed by atoms with Crippen LogP contribution in [0.15, 0.2) is 22.9 Å². The fraction of sp³-hybridized carbons (Fsp3) is 0.556. The Morgan fingerprint density at radius 1 is 1.67 bits per heavy atom. The zero-order chi connectivity index (χ0) is 9.72. The Bertz CT molecular complexity index is 187. The van der Waals surface area contributed by atoms with Gasteiger partial charge in [-0.25, -0.2) is 0 Å². The third-order valence-electron chi connectivity index (χ3n) is 1.82. The van der Waals surface area contributed by atoms with E-state index in [0.29, 0.717) is 4.48 Å². The van der Waals surface area contributed by atoms with E-state index in [4.69, 9.17) is 5.11 Å². The first-order valence-corrected chi connectivity index (χ1v) is 4.72. The van der Waals surface area contributed by atoms with Gasteiger partial charge in [0.15, 0.2) is 0 Å². The van der Waals surface area contributed by atoms with Gasteiger partial charge in [-0.3, -0.25) is 0 Å². The van der Waals surface area contributed by atoms with Gasteiger partial charge < -0.3 is 10.2 Å². The summed E-state index contributed by atoms with van der Waals surface area (Å²) in [4.78, 5) is 0. The molecule has 0 aromatic carbocycles. The molecule has 0 rings (SSSR count). The van der Waals surface area contributed by atoms with E-state index in [0.717, 1.165) is 6.42 Å². The van der Waals surface area contributed by atoms with Gasteiger partial charge in [0.1, 0.15) is 5.76 Å². The van der Waals surface area contributed by atoms with Gasteiger partial charge in [-0.15, -0.1) is 0 Å². The van der Waals surface area contributed by atoms with Crippen molar-refractivity contribution in [3.05, 3.63) is 22.9 Å². The molecule has 0 aliphatic carbocycles. The zero-order valence-electron chi connectivity index (χ0n) is 7.42. The molecule has 0 aliphatic heterocycles. The molecule has 2 nitrogen and oxygen atoms in total. The molecule has 2 N–H and O–H groups in total. The van der Waals surface area contributed by atoms with Gasteiger partial charge in [0, 0.05) is 0 Å². The SMILES string of the molecule is C=C(O)/C(Br)=C\C(O)[C@@H](C)CC. The molecule has 70 valence electrons. The van der Waals surface area contributed by atoms with Gasteiger partial charge in [0.25, 0.3) is 0 Å². The van der Waals surface area contributed by atoms with Crippen LogP contribution in [0.5, 0.6) is 0 Å². The minimum atomic E-state index is -0.534. The molecule has 0 saturated heterocycles. The highest BCUT2D eigenvalue weighted by Gasteiger charge is 2.10. The van der Waals surface area contributed by atoms with Gasteiger partial charge in [-0.05, 0) is 27.9 Å². The predicted molar refractivity (Wildman–Crippen MR) is 54.2 cm³/mol. The third kappa shape index (κ3) is 3.93. The summed E-state index contributed by atoms with van der Waals surface area (Å²) in [6, 6.07) is 0. The Balaban J connectivity index is 4.22. The van der Waals surface area contributed by atoms with E-state index in [9.17, 15) is 5.11 Å². The van der Waals surface area contributed by atoms with Crippen LogP contribution in [0.1, 0.15) is 20.3 Å². The Morgan fingerprint density at radius 2 is 2.17 bits per heavy atom. The molecule has 0 radical (unpaired) electrons. The monoisotopic (exact) mass is 234 g/mol. The van der Waals surface area contributed by atoms with E-state index < -0.39 is 6.10 Å². The molecule has 0 heterocycles. The first-order valence-electron chi connectivity index (χ1n) is 3.92. The standard InChI is InChI=1S/C9H15BrO2/c1-4-6(2)9(12)5-8(10)7(3)11/h5-6,9,11-12H,3-4H2,1-2H3/b8-5+/t6-,9?/m0/s1. The molecule has 0 amide bonds. The summed E-state index contributed by atoms with van der Waals surface area (Å²) in [7, 11) is 0. The summed E-state index contributed by atoms with van der Waals surface area (Å²) >= 11 is 3.09. The van der Waals surface area contributed by atoms with Crippen LogP contribution in [-0.4, -0.2) is 16.3 Å². The van der Waals surface area contributed by atoms with Gasteiger partial charge >= 0.3 is 0 Å². The fourth-order valence-electron chi connectivity index (χ4n) is 0.652. The fourth-order valence-corrected chi connectivity index (χ4v) is 0.923. The molecular weight excluding hydrogens is 220 g/mol. The maximum atomic E-state index is 9.48. The Hall–Kier alpha value is -0.280. The van der Waals surface area contributed by atoms with E-state index in [-0.39, 0.29) is 11.7 Å². The Kier molecular flexibility index (Phi) is 5.25. The van der Waals surface area contributed by atoms with Crippen molar-refractivity contribution in [2.75, 3.05) is 0 Å². The van der Waals surface area contributed by atoms with Gasteiger partial charge in [-0.2, -0.15) is 0 Å². The quantitative estimate of drug-likeness (QED) is 0.581. The van der Waals surface area contributed by atoms with E-state index >= 15 is 0 Å². The molecule has 3 heteroatoms. The van der Waals surface area contributed by atoms with Crippen LogP contribution in [-0.2, 0) is 0 Å². The largest absolute Gasteiger partial charge is 0.507 e. The number of rotatable bonds is 4. The lowest BCUT2D eigenvalue weighted by molar-refractivity contribution is 0.159. The highest BCUT2D eigenvalue weighted by molar-refractivity contribution is 9.11. The molecular formula is C9H15BrO2. The number of allylic oxidation sites excluding steroid dienone is 1. The smallest absolute Gasteiger partial charge is 0.122 e. The van der Waals surface area contributed by atoms with Crippen molar-refractivity contribution in [1.29, 1.82) is 0 Å². The third-order valence-corrected chi connectivity index (χ3v) is 2.54. The maximum absolute atomic E-state index is 9.48. The summed E-state index contributed by atoms with van der Waals surface area (Å²) in [6.07, 6.45) is 1.92. The molecule has 0 saturated carbocycles. The Morgan fingerprint density at radius 3 is 2.50 bits per heavy atom. The van der Waals surface area contributed by atoms with Crippen LogP contribution in [0.25, 0.3) is 0 Å². The lowest BCUT2D eigenvalue weighted by Gasteiger charge is -2.13. The van der Waals surface area contributed by atoms with Crippen LogP contribution in [0.4, 0.5) is 0 Å². The molecule has 2 atom stereocenters. The van der Waals surface area contributed by atoms with Crippen molar-refractivity contribution in [3.8, 4) is 0 Å². The average Bonchev–Trinajstić information content (AvgIpc) is 2.02. The van der Waals surface area contributed by atoms with E-state index in [1.54, 1.807) is 6.08 Å². The number of hydrogen-bond acceptors (Lipinski definition) is 2. The van der Waals surface area contributed by atoms with Crippen molar-refractivity contribution >= 4 is 15.9 Å². The molecule has 0 bridgehead atoms. The normalized spacial score (nSPS) is 17.2. The summed E-state index contributed by atoms with van der Waals surface area (Å²) in [6.45, 7) is 7.27. The molecule has 0 aliphatic rings. The molecule has 0 fully saturated rings. The average molecular weight is 235 g/mol. The molecule has 12 heavy (non-hydrogen) atoms. The molecule has 0 aromatic rings. The topological polar surface area (TPSA) is 40.5 Å². The highest BCUT2D eigenvalue weighted by atomic mass is 79.9. The van der Waals surface area contributed by atoms with Crippen LogP contribution < -0.4 is 0 Å². The van der Waals surface area contributed by atoms with Crippen molar-refractivity contribution in [2.24, 2.45) is 5.92 Å². The minimum absolute atomic E-state index is 0.0580. The summed E-state index contributed by atoms with van der Waals surface area (Å²) < 4.78 is 0.454. The first kappa shape index (κ1) is 11.7. The second-order valence-corrected chi connectivity index (χ2v) is 3.69. The number of aliphatic hydroxyl groups excluding tert-OH is 2. The summed E-state index contributed by atoms with van der Waals surface area (Å²) in [5, 5.41) is 18.4. The van der Waals surface area contributed by atoms with Gasteiger partial charge in [0.2, 0.25) is 0 Å². The first-order chi connectivity index (χ1) is 5.49. The van der Waals surface area contributed by atoms with Crippen molar-refractivity contribution in [2.45, 2.75) is 26.4 Å². The van der Waals surface area contributed by atoms with Crippen molar-refractivity contribution in [1.82, 2.24) is 0 Å². The number of aliphatic hydroxyl groups is 2. The highest BCUT2D eigenvalue weighted by Crippen LogP contribution is 2.17. The van der Waals surface area contributed by atoms with Crippen LogP contribution in [0.2, 0.25) is 0 Å². The second-order valence-electron chi connectivity index (χ2n) is 2.84. The predicted octanol–water partition coefficient (Wildman–Crippen LogP) is 2.74. The Labute approximate surface area is 81.7 Å². The van der Waals surface area contributed by atoms with Crippen LogP contribution in [0, 0.1) is 5.92 Å². The van der Waals surface area contributed by atoms with E-state index in [2.05, 4.69) is 22.5 Å². The number of hydrogen-bond donors (Lipinski definition) is 2. The molecule has 0 spiro atoms. The minimum Gasteiger partial charge on any atom is -0.507 e. The van der Waals surface area contributed by atoms with Crippen molar-refractivity contribution in [3.63, 3.8) is 0 Å². The second kappa shape index (κ2) is 5.38. The van der Waals surface area contributed by atoms with E-state index in [1.165, 1.54) is 0 Å². The molecule has 0 aromatic heterocycles. The van der Waals surface area contributed by atoms with Gasteiger partial charge in [0.05, 0.1) is 10.6 Å². The van der Waals surface area contributed by atoms with Crippen molar-refractivity contribution < 1.29 is 10.2 Å². The van der Waals surface area contributed by atoms with Crippen LogP contribution >= 0.6 is 15.9 Å². The number of halogens is 1. The summed E-state index contributed by atoms with van der Waals surface area (Å²) in [5.41, 5.74) is 0. The maximum Gasteiger partial charge on any atom is 0.122 e. The van der Waals surface area contributed by atoms with Crippen LogP contribution in [0.3, 0.4) is 0 Å². The van der Waals surface area contributed by atoms with Gasteiger partial charge in [-0.1, -0.05) is 26.8 Å². The summed E-state index contributed by atoms with van der Waals surface area (Å²) in [5.74, 6) is 0.134.